The van der Waals surface area contributed by atoms with Crippen molar-refractivity contribution in [2.75, 3.05) is 0 Å². The van der Waals surface area contributed by atoms with E-state index in [0.717, 1.165) is 5.56 Å². The van der Waals surface area contributed by atoms with Crippen LogP contribution in [0.25, 0.3) is 0 Å². The van der Waals surface area contributed by atoms with Gasteiger partial charge in [0.1, 0.15) is 0 Å². The monoisotopic (exact) mass is 198 g/mol. The lowest BCUT2D eigenvalue weighted by molar-refractivity contribution is 0.281. The topological polar surface area (TPSA) is 20.2 Å². The van der Waals surface area contributed by atoms with Crippen LogP contribution in [-0.4, -0.2) is 5.11 Å². The SMILES string of the molecule is CC(C)(C)c1ccc(Cl)c(CO)c1. The second kappa shape index (κ2) is 3.69. The van der Waals surface area contributed by atoms with Crippen molar-refractivity contribution >= 4 is 11.6 Å². The van der Waals surface area contributed by atoms with E-state index in [-0.39, 0.29) is 12.0 Å². The summed E-state index contributed by atoms with van der Waals surface area (Å²) in [5, 5.41) is 9.66. The Hall–Kier alpha value is -0.530. The van der Waals surface area contributed by atoms with Crippen LogP contribution in [0.3, 0.4) is 0 Å². The van der Waals surface area contributed by atoms with Gasteiger partial charge >= 0.3 is 0 Å². The summed E-state index contributed by atoms with van der Waals surface area (Å²) in [6.07, 6.45) is 0. The average molecular weight is 199 g/mol. The molecule has 0 unspecified atom stereocenters. The predicted octanol–water partition coefficient (Wildman–Crippen LogP) is 3.13. The van der Waals surface area contributed by atoms with E-state index in [9.17, 15) is 0 Å². The van der Waals surface area contributed by atoms with E-state index in [2.05, 4.69) is 20.8 Å². The number of benzene rings is 1. The van der Waals surface area contributed by atoms with Crippen LogP contribution in [0.15, 0.2) is 18.2 Å². The van der Waals surface area contributed by atoms with Crippen LogP contribution in [0, 0.1) is 0 Å². The average Bonchev–Trinajstić information content (AvgIpc) is 2.03. The molecule has 1 aromatic rings. The largest absolute Gasteiger partial charge is 0.392 e. The molecule has 0 aliphatic rings. The van der Waals surface area contributed by atoms with Gasteiger partial charge in [0.15, 0.2) is 0 Å². The molecule has 2 heteroatoms. The Bertz CT molecular complexity index is 299. The highest BCUT2D eigenvalue weighted by Gasteiger charge is 2.14. The molecular formula is C11H15ClO. The molecule has 0 spiro atoms. The molecule has 0 radical (unpaired) electrons. The Balaban J connectivity index is 3.14. The van der Waals surface area contributed by atoms with E-state index in [1.54, 1.807) is 0 Å². The van der Waals surface area contributed by atoms with E-state index in [1.807, 2.05) is 18.2 Å². The lowest BCUT2D eigenvalue weighted by Crippen LogP contribution is -2.11. The predicted molar refractivity (Wildman–Crippen MR) is 56.1 cm³/mol. The Morgan fingerprint density at radius 1 is 1.31 bits per heavy atom. The molecule has 0 atom stereocenters. The lowest BCUT2D eigenvalue weighted by atomic mass is 9.86. The number of hydrogen-bond donors (Lipinski definition) is 1. The van der Waals surface area contributed by atoms with Gasteiger partial charge in [0.25, 0.3) is 0 Å². The number of hydrogen-bond acceptors (Lipinski definition) is 1. The van der Waals surface area contributed by atoms with Crippen molar-refractivity contribution in [2.45, 2.75) is 32.8 Å². The number of aliphatic hydroxyl groups excluding tert-OH is 1. The Morgan fingerprint density at radius 2 is 1.92 bits per heavy atom. The second-order valence-corrected chi connectivity index (χ2v) is 4.62. The fourth-order valence-electron chi connectivity index (χ4n) is 1.16. The number of halogens is 1. The lowest BCUT2D eigenvalue weighted by Gasteiger charge is -2.19. The highest BCUT2D eigenvalue weighted by molar-refractivity contribution is 6.31. The van der Waals surface area contributed by atoms with Crippen molar-refractivity contribution in [2.24, 2.45) is 0 Å². The van der Waals surface area contributed by atoms with Gasteiger partial charge in [-0.25, -0.2) is 0 Å². The van der Waals surface area contributed by atoms with E-state index in [4.69, 9.17) is 16.7 Å². The van der Waals surface area contributed by atoms with Crippen LogP contribution in [0.5, 0.6) is 0 Å². The third kappa shape index (κ3) is 2.45. The van der Waals surface area contributed by atoms with Crippen molar-refractivity contribution in [3.8, 4) is 0 Å². The zero-order valence-corrected chi connectivity index (χ0v) is 9.02. The summed E-state index contributed by atoms with van der Waals surface area (Å²) in [6.45, 7) is 6.41. The molecule has 0 fully saturated rings. The van der Waals surface area contributed by atoms with Crippen LogP contribution < -0.4 is 0 Å². The van der Waals surface area contributed by atoms with Gasteiger partial charge in [-0.2, -0.15) is 0 Å². The molecule has 0 saturated heterocycles. The molecule has 1 N–H and O–H groups in total. The molecule has 0 aliphatic carbocycles. The van der Waals surface area contributed by atoms with Crippen molar-refractivity contribution in [3.63, 3.8) is 0 Å². The first-order valence-corrected chi connectivity index (χ1v) is 4.72. The second-order valence-electron chi connectivity index (χ2n) is 4.21. The van der Waals surface area contributed by atoms with Crippen LogP contribution in [0.1, 0.15) is 31.9 Å². The van der Waals surface area contributed by atoms with Crippen LogP contribution in [0.2, 0.25) is 5.02 Å². The highest BCUT2D eigenvalue weighted by Crippen LogP contribution is 2.26. The fourth-order valence-corrected chi connectivity index (χ4v) is 1.34. The molecule has 0 amide bonds. The zero-order chi connectivity index (χ0) is 10.1. The maximum absolute atomic E-state index is 9.02. The van der Waals surface area contributed by atoms with Crippen LogP contribution in [0.4, 0.5) is 0 Å². The molecular weight excluding hydrogens is 184 g/mol. The van der Waals surface area contributed by atoms with E-state index in [0.29, 0.717) is 5.02 Å². The summed E-state index contributed by atoms with van der Waals surface area (Å²) < 4.78 is 0. The summed E-state index contributed by atoms with van der Waals surface area (Å²) in [6, 6.07) is 5.80. The van der Waals surface area contributed by atoms with Gasteiger partial charge in [0.05, 0.1) is 6.61 Å². The summed E-state index contributed by atoms with van der Waals surface area (Å²) in [4.78, 5) is 0. The molecule has 1 aromatic carbocycles. The molecule has 72 valence electrons. The minimum Gasteiger partial charge on any atom is -0.392 e. The van der Waals surface area contributed by atoms with E-state index in [1.165, 1.54) is 5.56 Å². The van der Waals surface area contributed by atoms with Gasteiger partial charge in [-0.1, -0.05) is 44.5 Å². The first-order valence-electron chi connectivity index (χ1n) is 4.35. The minimum absolute atomic E-state index is 0.00273. The normalized spacial score (nSPS) is 11.8. The number of aliphatic hydroxyl groups is 1. The first-order chi connectivity index (χ1) is 5.95. The molecule has 1 nitrogen and oxygen atoms in total. The summed E-state index contributed by atoms with van der Waals surface area (Å²) in [5.74, 6) is 0. The summed E-state index contributed by atoms with van der Waals surface area (Å²) in [7, 11) is 0. The Kier molecular flexibility index (Phi) is 2.99. The van der Waals surface area contributed by atoms with E-state index < -0.39 is 0 Å². The molecule has 0 heterocycles. The van der Waals surface area contributed by atoms with Crippen LogP contribution in [-0.2, 0) is 12.0 Å². The molecule has 0 saturated carbocycles. The van der Waals surface area contributed by atoms with Gasteiger partial charge in [-0.15, -0.1) is 0 Å². The Morgan fingerprint density at radius 3 is 2.38 bits per heavy atom. The van der Waals surface area contributed by atoms with Gasteiger partial charge < -0.3 is 5.11 Å². The van der Waals surface area contributed by atoms with Crippen molar-refractivity contribution < 1.29 is 5.11 Å². The van der Waals surface area contributed by atoms with Gasteiger partial charge in [0.2, 0.25) is 0 Å². The first kappa shape index (κ1) is 10.6. The van der Waals surface area contributed by atoms with Crippen molar-refractivity contribution in [3.05, 3.63) is 34.3 Å². The molecule has 0 bridgehead atoms. The summed E-state index contributed by atoms with van der Waals surface area (Å²) in [5.41, 5.74) is 2.10. The standard InChI is InChI=1S/C11H15ClO/c1-11(2,3)9-4-5-10(12)8(6-9)7-13/h4-6,13H,7H2,1-3H3. The number of rotatable bonds is 1. The van der Waals surface area contributed by atoms with Crippen LogP contribution >= 0.6 is 11.6 Å². The fraction of sp³-hybridized carbons (Fsp3) is 0.455. The third-order valence-electron chi connectivity index (χ3n) is 2.08. The van der Waals surface area contributed by atoms with Gasteiger partial charge in [-0.05, 0) is 22.6 Å². The van der Waals surface area contributed by atoms with E-state index >= 15 is 0 Å². The minimum atomic E-state index is 0.00273. The van der Waals surface area contributed by atoms with Crippen molar-refractivity contribution in [1.29, 1.82) is 0 Å². The quantitative estimate of drug-likeness (QED) is 0.735. The third-order valence-corrected chi connectivity index (χ3v) is 2.45. The Labute approximate surface area is 84.4 Å². The maximum Gasteiger partial charge on any atom is 0.0696 e. The van der Waals surface area contributed by atoms with Gasteiger partial charge in [-0.3, -0.25) is 0 Å². The molecule has 13 heavy (non-hydrogen) atoms. The summed E-state index contributed by atoms with van der Waals surface area (Å²) >= 11 is 5.89. The molecule has 0 aliphatic heterocycles. The van der Waals surface area contributed by atoms with Crippen molar-refractivity contribution in [1.82, 2.24) is 0 Å². The zero-order valence-electron chi connectivity index (χ0n) is 8.26. The molecule has 1 rings (SSSR count). The maximum atomic E-state index is 9.02. The highest BCUT2D eigenvalue weighted by atomic mass is 35.5. The molecule has 0 aromatic heterocycles. The van der Waals surface area contributed by atoms with Gasteiger partial charge in [0, 0.05) is 5.02 Å². The smallest absolute Gasteiger partial charge is 0.0696 e.